The van der Waals surface area contributed by atoms with Crippen LogP contribution in [0.15, 0.2) is 34.6 Å². The molecule has 0 aliphatic carbocycles. The first kappa shape index (κ1) is 23.1. The molecule has 0 aliphatic heterocycles. The van der Waals surface area contributed by atoms with Gasteiger partial charge in [-0.3, -0.25) is 0 Å². The van der Waals surface area contributed by atoms with Crippen molar-refractivity contribution in [1.29, 1.82) is 0 Å². The van der Waals surface area contributed by atoms with Gasteiger partial charge < -0.3 is 10.6 Å². The summed E-state index contributed by atoms with van der Waals surface area (Å²) in [5, 5.41) is 7.57. The molecule has 2 N–H and O–H groups in total. The Kier molecular flexibility index (Phi) is 8.03. The average Bonchev–Trinajstić information content (AvgIpc) is 3.09. The van der Waals surface area contributed by atoms with E-state index in [9.17, 15) is 21.6 Å². The van der Waals surface area contributed by atoms with Crippen molar-refractivity contribution in [2.45, 2.75) is 31.8 Å². The molecule has 0 saturated carbocycles. The molecule has 2 rings (SSSR count). The number of guanidine groups is 1. The molecule has 160 valence electrons. The summed E-state index contributed by atoms with van der Waals surface area (Å²) in [7, 11) is -3.08. The summed E-state index contributed by atoms with van der Waals surface area (Å²) < 4.78 is 60.4. The fourth-order valence-electron chi connectivity index (χ4n) is 2.40. The molecule has 0 aliphatic rings. The standard InChI is InChI=1S/C18H23F3N4O2S2/c1-3-22-17(23-9-8-16-25-15(11-28-16)18(19,20)21)24-10-13-4-6-14(7-5-13)12-29(2,26)27/h4-7,11H,3,8-10,12H2,1-2H3,(H2,22,23,24). The van der Waals surface area contributed by atoms with E-state index < -0.39 is 21.7 Å². The number of rotatable bonds is 8. The molecule has 0 spiro atoms. The van der Waals surface area contributed by atoms with E-state index in [1.54, 1.807) is 12.1 Å². The van der Waals surface area contributed by atoms with E-state index >= 15 is 0 Å². The summed E-state index contributed by atoms with van der Waals surface area (Å²) in [6.45, 7) is 3.32. The maximum absolute atomic E-state index is 12.6. The van der Waals surface area contributed by atoms with Gasteiger partial charge >= 0.3 is 6.18 Å². The SMILES string of the molecule is CCNC(=NCc1ccc(CS(C)(=O)=O)cc1)NCCc1nc(C(F)(F)F)cs1. The number of hydrogen-bond donors (Lipinski definition) is 2. The van der Waals surface area contributed by atoms with Crippen molar-refractivity contribution in [3.8, 4) is 0 Å². The molecule has 0 amide bonds. The van der Waals surface area contributed by atoms with Gasteiger partial charge in [-0.05, 0) is 18.1 Å². The van der Waals surface area contributed by atoms with Gasteiger partial charge in [0.1, 0.15) is 0 Å². The van der Waals surface area contributed by atoms with E-state index in [-0.39, 0.29) is 5.75 Å². The predicted molar refractivity (Wildman–Crippen MR) is 109 cm³/mol. The summed E-state index contributed by atoms with van der Waals surface area (Å²) >= 11 is 0.983. The Morgan fingerprint density at radius 2 is 1.83 bits per heavy atom. The van der Waals surface area contributed by atoms with Gasteiger partial charge in [0.25, 0.3) is 0 Å². The molecular formula is C18H23F3N4O2S2. The van der Waals surface area contributed by atoms with Crippen molar-refractivity contribution in [3.05, 3.63) is 51.5 Å². The smallest absolute Gasteiger partial charge is 0.357 e. The summed E-state index contributed by atoms with van der Waals surface area (Å²) in [6, 6.07) is 7.16. The van der Waals surface area contributed by atoms with Gasteiger partial charge in [0.05, 0.1) is 17.3 Å². The van der Waals surface area contributed by atoms with Gasteiger partial charge in [-0.1, -0.05) is 24.3 Å². The fraction of sp³-hybridized carbons (Fsp3) is 0.444. The molecular weight excluding hydrogens is 425 g/mol. The lowest BCUT2D eigenvalue weighted by Gasteiger charge is -2.11. The van der Waals surface area contributed by atoms with Crippen molar-refractivity contribution in [2.75, 3.05) is 19.3 Å². The van der Waals surface area contributed by atoms with E-state index in [1.165, 1.54) is 6.26 Å². The minimum atomic E-state index is -4.42. The molecule has 0 atom stereocenters. The normalized spacial score (nSPS) is 12.8. The molecule has 29 heavy (non-hydrogen) atoms. The highest BCUT2D eigenvalue weighted by molar-refractivity contribution is 7.89. The van der Waals surface area contributed by atoms with Crippen LogP contribution in [0.4, 0.5) is 13.2 Å². The molecule has 0 bridgehead atoms. The third-order valence-corrected chi connectivity index (χ3v) is 5.46. The number of halogens is 3. The molecule has 0 unspecified atom stereocenters. The first-order valence-electron chi connectivity index (χ1n) is 8.86. The monoisotopic (exact) mass is 448 g/mol. The van der Waals surface area contributed by atoms with Crippen molar-refractivity contribution >= 4 is 27.1 Å². The fourth-order valence-corrected chi connectivity index (χ4v) is 4.00. The minimum Gasteiger partial charge on any atom is -0.357 e. The zero-order valence-corrected chi connectivity index (χ0v) is 17.7. The van der Waals surface area contributed by atoms with Gasteiger partial charge in [-0.25, -0.2) is 18.4 Å². The lowest BCUT2D eigenvalue weighted by Crippen LogP contribution is -2.38. The third kappa shape index (κ3) is 8.40. The minimum absolute atomic E-state index is 0.00640. The topological polar surface area (TPSA) is 83.5 Å². The Morgan fingerprint density at radius 1 is 1.17 bits per heavy atom. The van der Waals surface area contributed by atoms with E-state index in [1.807, 2.05) is 19.1 Å². The van der Waals surface area contributed by atoms with Crippen molar-refractivity contribution < 1.29 is 21.6 Å². The highest BCUT2D eigenvalue weighted by Crippen LogP contribution is 2.29. The Bertz CT molecular complexity index is 923. The summed E-state index contributed by atoms with van der Waals surface area (Å²) in [5.41, 5.74) is 0.763. The maximum atomic E-state index is 12.6. The van der Waals surface area contributed by atoms with E-state index in [2.05, 4.69) is 20.6 Å². The molecule has 0 radical (unpaired) electrons. The number of hydrogen-bond acceptors (Lipinski definition) is 5. The number of aromatic nitrogens is 1. The summed E-state index contributed by atoms with van der Waals surface area (Å²) in [6.07, 6.45) is -2.88. The van der Waals surface area contributed by atoms with Crippen LogP contribution in [0, 0.1) is 0 Å². The van der Waals surface area contributed by atoms with Crippen LogP contribution < -0.4 is 10.6 Å². The van der Waals surface area contributed by atoms with Gasteiger partial charge in [-0.15, -0.1) is 11.3 Å². The molecule has 0 fully saturated rings. The summed E-state index contributed by atoms with van der Waals surface area (Å²) in [4.78, 5) is 8.04. The lowest BCUT2D eigenvalue weighted by molar-refractivity contribution is -0.140. The molecule has 0 saturated heterocycles. The maximum Gasteiger partial charge on any atom is 0.434 e. The van der Waals surface area contributed by atoms with Crippen LogP contribution in [0.3, 0.4) is 0 Å². The number of benzene rings is 1. The van der Waals surface area contributed by atoms with Crippen LogP contribution >= 0.6 is 11.3 Å². The van der Waals surface area contributed by atoms with E-state index in [0.717, 1.165) is 22.3 Å². The number of nitrogens with zero attached hydrogens (tertiary/aromatic N) is 2. The van der Waals surface area contributed by atoms with Crippen molar-refractivity contribution in [1.82, 2.24) is 15.6 Å². The highest BCUT2D eigenvalue weighted by Gasteiger charge is 2.33. The predicted octanol–water partition coefficient (Wildman–Crippen LogP) is 3.00. The largest absolute Gasteiger partial charge is 0.434 e. The van der Waals surface area contributed by atoms with Crippen molar-refractivity contribution in [3.63, 3.8) is 0 Å². The second kappa shape index (κ2) is 10.1. The van der Waals surface area contributed by atoms with E-state index in [0.29, 0.717) is 42.6 Å². The molecule has 2 aromatic rings. The number of alkyl halides is 3. The van der Waals surface area contributed by atoms with Gasteiger partial charge in [0.15, 0.2) is 21.5 Å². The first-order chi connectivity index (χ1) is 13.6. The lowest BCUT2D eigenvalue weighted by atomic mass is 10.1. The van der Waals surface area contributed by atoms with Gasteiger partial charge in [0.2, 0.25) is 0 Å². The van der Waals surface area contributed by atoms with Crippen LogP contribution in [0.25, 0.3) is 0 Å². The zero-order chi connectivity index (χ0) is 21.5. The Morgan fingerprint density at radius 3 is 2.38 bits per heavy atom. The number of nitrogens with one attached hydrogen (secondary N) is 2. The Labute approximate surface area is 172 Å². The van der Waals surface area contributed by atoms with Crippen LogP contribution in [-0.2, 0) is 34.7 Å². The van der Waals surface area contributed by atoms with Gasteiger partial charge in [0, 0.05) is 31.1 Å². The summed E-state index contributed by atoms with van der Waals surface area (Å²) in [5.74, 6) is 0.536. The number of thiazole rings is 1. The Hall–Kier alpha value is -2.14. The molecule has 1 heterocycles. The van der Waals surface area contributed by atoms with Crippen molar-refractivity contribution in [2.24, 2.45) is 4.99 Å². The highest BCUT2D eigenvalue weighted by atomic mass is 32.2. The van der Waals surface area contributed by atoms with Crippen LogP contribution in [0.5, 0.6) is 0 Å². The second-order valence-electron chi connectivity index (χ2n) is 6.38. The second-order valence-corrected chi connectivity index (χ2v) is 9.47. The van der Waals surface area contributed by atoms with Crippen LogP contribution in [0.2, 0.25) is 0 Å². The number of aliphatic imine (C=N–C) groups is 1. The van der Waals surface area contributed by atoms with Gasteiger partial charge in [-0.2, -0.15) is 13.2 Å². The average molecular weight is 449 g/mol. The third-order valence-electron chi connectivity index (χ3n) is 3.69. The number of sulfone groups is 1. The van der Waals surface area contributed by atoms with E-state index in [4.69, 9.17) is 0 Å². The van der Waals surface area contributed by atoms with Crippen LogP contribution in [-0.4, -0.2) is 38.7 Å². The Balaban J connectivity index is 1.90. The molecule has 1 aromatic heterocycles. The zero-order valence-electron chi connectivity index (χ0n) is 16.1. The van der Waals surface area contributed by atoms with Crippen LogP contribution in [0.1, 0.15) is 28.8 Å². The molecule has 11 heteroatoms. The molecule has 6 nitrogen and oxygen atoms in total. The molecule has 1 aromatic carbocycles. The quantitative estimate of drug-likeness (QED) is 0.479. The first-order valence-corrected chi connectivity index (χ1v) is 11.8.